The Morgan fingerprint density at radius 2 is 1.87 bits per heavy atom. The van der Waals surface area contributed by atoms with Crippen LogP contribution in [0.25, 0.3) is 21.2 Å². The Morgan fingerprint density at radius 3 is 2.65 bits per heavy atom. The van der Waals surface area contributed by atoms with E-state index in [2.05, 4.69) is 60.9 Å². The van der Waals surface area contributed by atoms with Crippen LogP contribution in [-0.4, -0.2) is 5.91 Å². The summed E-state index contributed by atoms with van der Waals surface area (Å²) < 4.78 is 1.29. The van der Waals surface area contributed by atoms with Gasteiger partial charge in [-0.15, -0.1) is 11.3 Å². The van der Waals surface area contributed by atoms with Crippen LogP contribution in [0.3, 0.4) is 0 Å². The molecule has 0 atom stereocenters. The Labute approximate surface area is 141 Å². The Balaban J connectivity index is 1.91. The molecule has 0 saturated heterocycles. The van der Waals surface area contributed by atoms with E-state index in [1.807, 2.05) is 12.1 Å². The van der Waals surface area contributed by atoms with Gasteiger partial charge in [-0.1, -0.05) is 38.1 Å². The fraction of sp³-hybridized carbons (Fsp3) is 0.250. The van der Waals surface area contributed by atoms with Gasteiger partial charge in [-0.2, -0.15) is 0 Å². The number of carbonyl (C=O) groups excluding carboxylic acids is 1. The Kier molecular flexibility index (Phi) is 4.77. The Morgan fingerprint density at radius 1 is 1.09 bits per heavy atom. The van der Waals surface area contributed by atoms with E-state index >= 15 is 0 Å². The molecule has 3 aromatic rings. The van der Waals surface area contributed by atoms with E-state index in [9.17, 15) is 4.79 Å². The van der Waals surface area contributed by atoms with Gasteiger partial charge in [-0.25, -0.2) is 0 Å². The first-order valence-electron chi connectivity index (χ1n) is 8.10. The molecule has 0 fully saturated rings. The predicted octanol–water partition coefficient (Wildman–Crippen LogP) is 5.94. The lowest BCUT2D eigenvalue weighted by Gasteiger charge is -2.13. The van der Waals surface area contributed by atoms with Gasteiger partial charge in [0, 0.05) is 21.7 Å². The molecule has 1 amide bonds. The number of benzene rings is 2. The summed E-state index contributed by atoms with van der Waals surface area (Å²) in [5.74, 6) is 0.194. The van der Waals surface area contributed by atoms with Crippen LogP contribution >= 0.6 is 11.3 Å². The van der Waals surface area contributed by atoms with Gasteiger partial charge in [0.2, 0.25) is 5.91 Å². The van der Waals surface area contributed by atoms with Gasteiger partial charge in [0.25, 0.3) is 0 Å². The van der Waals surface area contributed by atoms with Crippen LogP contribution in [0.2, 0.25) is 0 Å². The highest BCUT2D eigenvalue weighted by Crippen LogP contribution is 2.32. The van der Waals surface area contributed by atoms with E-state index in [0.717, 1.165) is 24.1 Å². The second-order valence-electron chi connectivity index (χ2n) is 5.72. The first-order chi connectivity index (χ1) is 11.2. The molecule has 0 aliphatic rings. The van der Waals surface area contributed by atoms with Gasteiger partial charge >= 0.3 is 0 Å². The van der Waals surface area contributed by atoms with Crippen LogP contribution in [0.5, 0.6) is 0 Å². The summed E-state index contributed by atoms with van der Waals surface area (Å²) in [6.45, 7) is 4.11. The van der Waals surface area contributed by atoms with Crippen molar-refractivity contribution in [1.29, 1.82) is 0 Å². The fourth-order valence-corrected chi connectivity index (χ4v) is 3.73. The molecular weight excluding hydrogens is 302 g/mol. The largest absolute Gasteiger partial charge is 0.326 e. The molecule has 2 nitrogen and oxygen atoms in total. The summed E-state index contributed by atoms with van der Waals surface area (Å²) in [5.41, 5.74) is 3.21. The zero-order chi connectivity index (χ0) is 16.2. The number of thiophene rings is 1. The minimum absolute atomic E-state index is 0.0824. The smallest absolute Gasteiger partial charge is 0.227 e. The standard InChI is InChI=1S/C20H21NOS/c1-3-14(4-2)20(22)21-16-8-5-7-15(13-16)17-9-6-10-19-18(17)11-12-23-19/h5-14H,3-4H2,1-2H3,(H,21,22). The number of anilines is 1. The topological polar surface area (TPSA) is 29.1 Å². The van der Waals surface area contributed by atoms with E-state index in [0.29, 0.717) is 0 Å². The van der Waals surface area contributed by atoms with E-state index in [1.165, 1.54) is 15.6 Å². The van der Waals surface area contributed by atoms with Crippen LogP contribution in [0.1, 0.15) is 26.7 Å². The molecule has 2 aromatic carbocycles. The minimum Gasteiger partial charge on any atom is -0.326 e. The number of hydrogen-bond donors (Lipinski definition) is 1. The first-order valence-corrected chi connectivity index (χ1v) is 8.98. The van der Waals surface area contributed by atoms with Crippen LogP contribution < -0.4 is 5.32 Å². The third-order valence-electron chi connectivity index (χ3n) is 4.29. The maximum atomic E-state index is 12.3. The van der Waals surface area contributed by atoms with Crippen molar-refractivity contribution in [2.45, 2.75) is 26.7 Å². The molecule has 3 heteroatoms. The van der Waals surface area contributed by atoms with Crippen molar-refractivity contribution < 1.29 is 4.79 Å². The first kappa shape index (κ1) is 15.8. The van der Waals surface area contributed by atoms with Crippen molar-refractivity contribution in [2.75, 3.05) is 5.32 Å². The monoisotopic (exact) mass is 323 g/mol. The average molecular weight is 323 g/mol. The SMILES string of the molecule is CCC(CC)C(=O)Nc1cccc(-c2cccc3sccc23)c1. The number of fused-ring (bicyclic) bond motifs is 1. The molecule has 1 aromatic heterocycles. The van der Waals surface area contributed by atoms with E-state index < -0.39 is 0 Å². The van der Waals surface area contributed by atoms with Crippen LogP contribution in [0.15, 0.2) is 53.9 Å². The number of rotatable bonds is 5. The molecule has 0 spiro atoms. The highest BCUT2D eigenvalue weighted by Gasteiger charge is 2.14. The molecule has 118 valence electrons. The van der Waals surface area contributed by atoms with Crippen molar-refractivity contribution >= 4 is 33.0 Å². The lowest BCUT2D eigenvalue weighted by molar-refractivity contribution is -0.120. The van der Waals surface area contributed by atoms with Gasteiger partial charge in [0.05, 0.1) is 0 Å². The maximum Gasteiger partial charge on any atom is 0.227 e. The van der Waals surface area contributed by atoms with Gasteiger partial charge in [0.1, 0.15) is 0 Å². The van der Waals surface area contributed by atoms with Crippen molar-refractivity contribution in [2.24, 2.45) is 5.92 Å². The van der Waals surface area contributed by atoms with Crippen molar-refractivity contribution in [3.8, 4) is 11.1 Å². The maximum absolute atomic E-state index is 12.3. The molecule has 0 aliphatic heterocycles. The third kappa shape index (κ3) is 3.30. The van der Waals surface area contributed by atoms with Crippen molar-refractivity contribution in [1.82, 2.24) is 0 Å². The molecule has 0 unspecified atom stereocenters. The van der Waals surface area contributed by atoms with Crippen LogP contribution in [-0.2, 0) is 4.79 Å². The zero-order valence-corrected chi connectivity index (χ0v) is 14.3. The van der Waals surface area contributed by atoms with Gasteiger partial charge < -0.3 is 5.32 Å². The number of nitrogens with one attached hydrogen (secondary N) is 1. The average Bonchev–Trinajstić information content (AvgIpc) is 3.04. The number of carbonyl (C=O) groups is 1. The summed E-state index contributed by atoms with van der Waals surface area (Å²) in [4.78, 5) is 12.3. The molecule has 0 bridgehead atoms. The number of hydrogen-bond acceptors (Lipinski definition) is 2. The normalized spacial score (nSPS) is 11.1. The van der Waals surface area contributed by atoms with Crippen LogP contribution in [0.4, 0.5) is 5.69 Å². The molecule has 3 rings (SSSR count). The minimum atomic E-state index is 0.0824. The predicted molar refractivity (Wildman–Crippen MR) is 100.0 cm³/mol. The second kappa shape index (κ2) is 6.97. The van der Waals surface area contributed by atoms with Gasteiger partial charge in [-0.3, -0.25) is 4.79 Å². The lowest BCUT2D eigenvalue weighted by Crippen LogP contribution is -2.21. The molecule has 0 aliphatic carbocycles. The third-order valence-corrected chi connectivity index (χ3v) is 5.18. The molecule has 1 heterocycles. The highest BCUT2D eigenvalue weighted by molar-refractivity contribution is 7.17. The molecular formula is C20H21NOS. The Bertz CT molecular complexity index is 817. The summed E-state index contributed by atoms with van der Waals surface area (Å²) >= 11 is 1.75. The van der Waals surface area contributed by atoms with Crippen LogP contribution in [0, 0.1) is 5.92 Å². The van der Waals surface area contributed by atoms with E-state index in [4.69, 9.17) is 0 Å². The molecule has 23 heavy (non-hydrogen) atoms. The second-order valence-corrected chi connectivity index (χ2v) is 6.67. The molecule has 0 radical (unpaired) electrons. The van der Waals surface area contributed by atoms with Gasteiger partial charge in [-0.05, 0) is 53.6 Å². The lowest BCUT2D eigenvalue weighted by atomic mass is 10.0. The molecule has 0 saturated carbocycles. The summed E-state index contributed by atoms with van der Waals surface area (Å²) in [6, 6.07) is 16.6. The number of amides is 1. The van der Waals surface area contributed by atoms with Gasteiger partial charge in [0.15, 0.2) is 0 Å². The summed E-state index contributed by atoms with van der Waals surface area (Å²) in [7, 11) is 0. The van der Waals surface area contributed by atoms with E-state index in [-0.39, 0.29) is 11.8 Å². The summed E-state index contributed by atoms with van der Waals surface area (Å²) in [5, 5.41) is 6.44. The highest BCUT2D eigenvalue weighted by atomic mass is 32.1. The summed E-state index contributed by atoms with van der Waals surface area (Å²) in [6.07, 6.45) is 1.74. The van der Waals surface area contributed by atoms with Crippen molar-refractivity contribution in [3.05, 3.63) is 53.9 Å². The molecule has 1 N–H and O–H groups in total. The zero-order valence-electron chi connectivity index (χ0n) is 13.5. The quantitative estimate of drug-likeness (QED) is 0.618. The fourth-order valence-electron chi connectivity index (χ4n) is 2.91. The Hall–Kier alpha value is -2.13. The van der Waals surface area contributed by atoms with Crippen molar-refractivity contribution in [3.63, 3.8) is 0 Å². The van der Waals surface area contributed by atoms with E-state index in [1.54, 1.807) is 11.3 Å².